The Morgan fingerprint density at radius 2 is 1.90 bits per heavy atom. The van der Waals surface area contributed by atoms with Crippen LogP contribution in [0.1, 0.15) is 31.0 Å². The number of aryl methyl sites for hydroxylation is 3. The largest absolute Gasteiger partial charge is 0.328 e. The molecule has 156 valence electrons. The van der Waals surface area contributed by atoms with Gasteiger partial charge >= 0.3 is 5.69 Å². The molecule has 0 aliphatic carbocycles. The fourth-order valence-corrected chi connectivity index (χ4v) is 3.75. The Hall–Kier alpha value is -2.65. The molecule has 1 aromatic carbocycles. The summed E-state index contributed by atoms with van der Waals surface area (Å²) < 4.78 is 4.84. The molecule has 0 radical (unpaired) electrons. The predicted octanol–water partition coefficient (Wildman–Crippen LogP) is 1.39. The van der Waals surface area contributed by atoms with Gasteiger partial charge in [-0.25, -0.2) is 9.48 Å². The molecule has 9 nitrogen and oxygen atoms in total. The van der Waals surface area contributed by atoms with Gasteiger partial charge in [-0.15, -0.1) is 12.4 Å². The normalized spacial score (nSPS) is 14.7. The second-order valence-corrected chi connectivity index (χ2v) is 7.22. The monoisotopic (exact) mass is 419 g/mol. The molecule has 0 unspecified atom stereocenters. The minimum atomic E-state index is -0.188. The zero-order valence-electron chi connectivity index (χ0n) is 16.6. The Kier molecular flexibility index (Phi) is 6.39. The number of para-hydroxylation sites is 2. The quantitative estimate of drug-likeness (QED) is 0.651. The molecule has 0 spiro atoms. The number of imidazole rings is 1. The first-order valence-electron chi connectivity index (χ1n) is 9.60. The van der Waals surface area contributed by atoms with Gasteiger partial charge in [-0.3, -0.25) is 19.2 Å². The van der Waals surface area contributed by atoms with E-state index in [9.17, 15) is 9.59 Å². The molecule has 10 heteroatoms. The minimum absolute atomic E-state index is 0. The van der Waals surface area contributed by atoms with Gasteiger partial charge in [0, 0.05) is 33.0 Å². The fourth-order valence-electron chi connectivity index (χ4n) is 3.75. The SMILES string of the molecule is Cl.Cn1nc(C2CCNCC2)nc1NC(=O)CCn1c(=O)n(C)c2ccccc21. The maximum absolute atomic E-state index is 12.5. The number of amides is 1. The summed E-state index contributed by atoms with van der Waals surface area (Å²) in [6.45, 7) is 2.24. The average Bonchev–Trinajstić information content (AvgIpc) is 3.19. The number of anilines is 1. The summed E-state index contributed by atoms with van der Waals surface area (Å²) in [5.41, 5.74) is 1.56. The summed E-state index contributed by atoms with van der Waals surface area (Å²) >= 11 is 0. The lowest BCUT2D eigenvalue weighted by atomic mass is 9.98. The van der Waals surface area contributed by atoms with Crippen molar-refractivity contribution in [3.8, 4) is 0 Å². The van der Waals surface area contributed by atoms with Crippen molar-refractivity contribution in [3.63, 3.8) is 0 Å². The van der Waals surface area contributed by atoms with E-state index < -0.39 is 0 Å². The smallest absolute Gasteiger partial charge is 0.317 e. The van der Waals surface area contributed by atoms with Gasteiger partial charge in [0.05, 0.1) is 11.0 Å². The van der Waals surface area contributed by atoms with Crippen molar-refractivity contribution < 1.29 is 4.79 Å². The number of carbonyl (C=O) groups is 1. The van der Waals surface area contributed by atoms with Crippen LogP contribution >= 0.6 is 12.4 Å². The third kappa shape index (κ3) is 4.20. The lowest BCUT2D eigenvalue weighted by Gasteiger charge is -2.19. The van der Waals surface area contributed by atoms with Crippen molar-refractivity contribution in [2.75, 3.05) is 18.4 Å². The van der Waals surface area contributed by atoms with Crippen LogP contribution in [0.25, 0.3) is 11.0 Å². The summed E-state index contributed by atoms with van der Waals surface area (Å²) in [7, 11) is 3.52. The van der Waals surface area contributed by atoms with E-state index in [0.717, 1.165) is 42.8 Å². The Bertz CT molecular complexity index is 1060. The molecule has 1 saturated heterocycles. The third-order valence-corrected chi connectivity index (χ3v) is 5.35. The second-order valence-electron chi connectivity index (χ2n) is 7.22. The van der Waals surface area contributed by atoms with Crippen molar-refractivity contribution in [2.45, 2.75) is 31.7 Å². The van der Waals surface area contributed by atoms with Crippen LogP contribution in [0.15, 0.2) is 29.1 Å². The number of nitrogens with one attached hydrogen (secondary N) is 2. The summed E-state index contributed by atoms with van der Waals surface area (Å²) in [4.78, 5) is 29.4. The molecule has 3 aromatic rings. The van der Waals surface area contributed by atoms with Gasteiger partial charge in [0.25, 0.3) is 0 Å². The number of nitrogens with zero attached hydrogens (tertiary/aromatic N) is 5. The zero-order chi connectivity index (χ0) is 19.7. The standard InChI is InChI=1S/C19H25N7O2.ClH/c1-24-14-5-3-4-6-15(14)26(19(24)28)12-9-16(27)21-18-22-17(23-25(18)2)13-7-10-20-11-8-13;/h3-6,13,20H,7-12H2,1-2H3,(H,21,22,23,27);1H. The maximum atomic E-state index is 12.5. The Morgan fingerprint density at radius 3 is 2.62 bits per heavy atom. The molecule has 0 atom stereocenters. The molecule has 1 aliphatic rings. The Labute approximate surface area is 174 Å². The number of halogens is 1. The highest BCUT2D eigenvalue weighted by Gasteiger charge is 2.21. The Morgan fingerprint density at radius 1 is 1.21 bits per heavy atom. The van der Waals surface area contributed by atoms with Gasteiger partial charge in [0.15, 0.2) is 5.82 Å². The van der Waals surface area contributed by atoms with Crippen LogP contribution in [0.4, 0.5) is 5.95 Å². The molecule has 4 rings (SSSR count). The van der Waals surface area contributed by atoms with Crippen molar-refractivity contribution in [1.29, 1.82) is 0 Å². The second kappa shape index (κ2) is 8.79. The van der Waals surface area contributed by atoms with Gasteiger partial charge in [-0.05, 0) is 38.1 Å². The zero-order valence-corrected chi connectivity index (χ0v) is 17.4. The summed E-state index contributed by atoms with van der Waals surface area (Å²) in [6, 6.07) is 7.57. The Balaban J connectivity index is 0.00000240. The highest BCUT2D eigenvalue weighted by atomic mass is 35.5. The van der Waals surface area contributed by atoms with E-state index in [0.29, 0.717) is 18.4 Å². The molecule has 2 aromatic heterocycles. The van der Waals surface area contributed by atoms with Gasteiger partial charge in [-0.2, -0.15) is 10.1 Å². The number of benzene rings is 1. The number of hydrogen-bond acceptors (Lipinski definition) is 5. The van der Waals surface area contributed by atoms with E-state index in [1.165, 1.54) is 0 Å². The van der Waals surface area contributed by atoms with Gasteiger partial charge < -0.3 is 5.32 Å². The number of rotatable bonds is 5. The van der Waals surface area contributed by atoms with Crippen LogP contribution in [0.5, 0.6) is 0 Å². The van der Waals surface area contributed by atoms with Gasteiger partial charge in [0.1, 0.15) is 0 Å². The predicted molar refractivity (Wildman–Crippen MR) is 114 cm³/mol. The highest BCUT2D eigenvalue weighted by Crippen LogP contribution is 2.23. The first-order chi connectivity index (χ1) is 13.5. The number of aromatic nitrogens is 5. The van der Waals surface area contributed by atoms with Gasteiger partial charge in [-0.1, -0.05) is 12.1 Å². The van der Waals surface area contributed by atoms with E-state index in [1.54, 1.807) is 27.9 Å². The van der Waals surface area contributed by atoms with E-state index in [4.69, 9.17) is 0 Å². The first-order valence-corrected chi connectivity index (χ1v) is 9.60. The summed E-state index contributed by atoms with van der Waals surface area (Å²) in [6.07, 6.45) is 2.19. The van der Waals surface area contributed by atoms with Crippen LogP contribution in [0, 0.1) is 0 Å². The molecule has 0 bridgehead atoms. The van der Waals surface area contributed by atoms with E-state index in [2.05, 4.69) is 20.7 Å². The average molecular weight is 420 g/mol. The molecule has 0 saturated carbocycles. The van der Waals surface area contributed by atoms with Gasteiger partial charge in [0.2, 0.25) is 11.9 Å². The van der Waals surface area contributed by atoms with Crippen LogP contribution in [0.3, 0.4) is 0 Å². The molecule has 2 N–H and O–H groups in total. The van der Waals surface area contributed by atoms with Crippen LogP contribution in [-0.4, -0.2) is 42.9 Å². The molecule has 1 amide bonds. The fraction of sp³-hybridized carbons (Fsp3) is 0.474. The van der Waals surface area contributed by atoms with Crippen LogP contribution in [0.2, 0.25) is 0 Å². The topological polar surface area (TPSA) is 98.8 Å². The van der Waals surface area contributed by atoms with Crippen LogP contribution < -0.4 is 16.3 Å². The van der Waals surface area contributed by atoms with Crippen molar-refractivity contribution in [1.82, 2.24) is 29.2 Å². The molecule has 29 heavy (non-hydrogen) atoms. The minimum Gasteiger partial charge on any atom is -0.317 e. The lowest BCUT2D eigenvalue weighted by molar-refractivity contribution is -0.116. The van der Waals surface area contributed by atoms with Crippen molar-refractivity contribution in [3.05, 3.63) is 40.6 Å². The third-order valence-electron chi connectivity index (χ3n) is 5.35. The number of carbonyl (C=O) groups excluding carboxylic acids is 1. The van der Waals surface area contributed by atoms with E-state index >= 15 is 0 Å². The van der Waals surface area contributed by atoms with Crippen LogP contribution in [-0.2, 0) is 25.4 Å². The highest BCUT2D eigenvalue weighted by molar-refractivity contribution is 5.89. The summed E-state index contributed by atoms with van der Waals surface area (Å²) in [5.74, 6) is 1.37. The molecule has 1 aliphatic heterocycles. The molecule has 3 heterocycles. The maximum Gasteiger partial charge on any atom is 0.328 e. The van der Waals surface area contributed by atoms with Crippen molar-refractivity contribution in [2.24, 2.45) is 14.1 Å². The molecular weight excluding hydrogens is 394 g/mol. The molecule has 1 fully saturated rings. The summed E-state index contributed by atoms with van der Waals surface area (Å²) in [5, 5.41) is 10.6. The lowest BCUT2D eigenvalue weighted by Crippen LogP contribution is -2.27. The number of hydrogen-bond donors (Lipinski definition) is 2. The van der Waals surface area contributed by atoms with E-state index in [-0.39, 0.29) is 30.4 Å². The molecular formula is C19H26ClN7O2. The number of piperidine rings is 1. The van der Waals surface area contributed by atoms with Crippen molar-refractivity contribution >= 4 is 35.3 Å². The number of fused-ring (bicyclic) bond motifs is 1. The van der Waals surface area contributed by atoms with E-state index in [1.807, 2.05) is 24.3 Å². The first kappa shape index (κ1) is 21.1.